The molecule has 0 N–H and O–H groups in total. The number of halogens is 1. The molecule has 6 heteroatoms. The number of hydrogen-bond donors (Lipinski definition) is 0. The number of ether oxygens (including phenoxy) is 2. The van der Waals surface area contributed by atoms with Crippen LogP contribution in [0.4, 0.5) is 14.9 Å². The van der Waals surface area contributed by atoms with Crippen LogP contribution in [0.25, 0.3) is 11.1 Å². The number of cyclic esters (lactones) is 1. The molecule has 0 aromatic heterocycles. The molecule has 1 saturated heterocycles. The second kappa shape index (κ2) is 14.2. The van der Waals surface area contributed by atoms with Gasteiger partial charge in [-0.05, 0) is 38.1 Å². The van der Waals surface area contributed by atoms with E-state index in [0.29, 0.717) is 46.5 Å². The highest BCUT2D eigenvalue weighted by molar-refractivity contribution is 5.91. The van der Waals surface area contributed by atoms with Gasteiger partial charge in [0.15, 0.2) is 0 Å². The lowest BCUT2D eigenvalue weighted by Crippen LogP contribution is -2.25. The number of carbonyl (C=O) groups excluding carboxylic acids is 2. The Labute approximate surface area is 186 Å². The summed E-state index contributed by atoms with van der Waals surface area (Å²) in [6.45, 7) is 15.8. The summed E-state index contributed by atoms with van der Waals surface area (Å²) >= 11 is 0. The molecule has 3 rings (SSSR count). The number of aldehydes is 1. The Hall–Kier alpha value is -2.89. The summed E-state index contributed by atoms with van der Waals surface area (Å²) in [5.41, 5.74) is 2.17. The van der Waals surface area contributed by atoms with Crippen LogP contribution in [0.5, 0.6) is 5.75 Å². The Morgan fingerprint density at radius 3 is 2.13 bits per heavy atom. The van der Waals surface area contributed by atoms with Gasteiger partial charge in [0.05, 0.1) is 19.3 Å². The van der Waals surface area contributed by atoms with E-state index in [-0.39, 0.29) is 6.10 Å². The average Bonchev–Trinajstić information content (AvgIpc) is 3.16. The van der Waals surface area contributed by atoms with Gasteiger partial charge in [-0.25, -0.2) is 9.18 Å². The van der Waals surface area contributed by atoms with Crippen molar-refractivity contribution in [3.05, 3.63) is 47.3 Å². The summed E-state index contributed by atoms with van der Waals surface area (Å²) in [7, 11) is 1.47. The van der Waals surface area contributed by atoms with E-state index in [1.807, 2.05) is 41.5 Å². The van der Waals surface area contributed by atoms with Crippen molar-refractivity contribution < 1.29 is 23.5 Å². The van der Waals surface area contributed by atoms with Crippen molar-refractivity contribution in [3.63, 3.8) is 0 Å². The highest BCUT2D eigenvalue weighted by Crippen LogP contribution is 2.37. The second-order valence-corrected chi connectivity index (χ2v) is 5.95. The van der Waals surface area contributed by atoms with E-state index in [4.69, 9.17) is 9.47 Å². The van der Waals surface area contributed by atoms with Gasteiger partial charge in [-0.15, -0.1) is 0 Å². The number of amides is 1. The third kappa shape index (κ3) is 6.54. The lowest BCUT2D eigenvalue weighted by Gasteiger charge is -2.18. The molecule has 2 aromatic rings. The first-order valence-corrected chi connectivity index (χ1v) is 10.9. The number of nitrogens with zero attached hydrogens (tertiary/aromatic N) is 1. The van der Waals surface area contributed by atoms with E-state index >= 15 is 4.39 Å². The predicted octanol–water partition coefficient (Wildman–Crippen LogP) is 7.05. The van der Waals surface area contributed by atoms with Crippen LogP contribution in [0.3, 0.4) is 0 Å². The minimum absolute atomic E-state index is 0.231. The third-order valence-corrected chi connectivity index (χ3v) is 4.26. The molecule has 31 heavy (non-hydrogen) atoms. The zero-order chi connectivity index (χ0) is 24.1. The molecule has 0 saturated carbocycles. The van der Waals surface area contributed by atoms with Gasteiger partial charge in [0.2, 0.25) is 0 Å². The van der Waals surface area contributed by atoms with E-state index in [9.17, 15) is 9.59 Å². The second-order valence-electron chi connectivity index (χ2n) is 5.95. The van der Waals surface area contributed by atoms with Gasteiger partial charge in [0, 0.05) is 22.3 Å². The molecular weight excluding hydrogens is 397 g/mol. The summed E-state index contributed by atoms with van der Waals surface area (Å²) in [4.78, 5) is 24.2. The third-order valence-electron chi connectivity index (χ3n) is 4.26. The first-order chi connectivity index (χ1) is 15.0. The summed E-state index contributed by atoms with van der Waals surface area (Å²) in [5, 5.41) is 0. The average molecular weight is 434 g/mol. The van der Waals surface area contributed by atoms with Crippen LogP contribution >= 0.6 is 0 Å². The zero-order valence-electron chi connectivity index (χ0n) is 20.2. The predicted molar refractivity (Wildman–Crippen MR) is 126 cm³/mol. The number of rotatable bonds is 4. The molecular formula is C25H36FNO4. The molecule has 1 aliphatic rings. The molecule has 1 fully saturated rings. The van der Waals surface area contributed by atoms with Crippen molar-refractivity contribution in [2.75, 3.05) is 18.6 Å². The Morgan fingerprint density at radius 2 is 1.65 bits per heavy atom. The van der Waals surface area contributed by atoms with Crippen LogP contribution in [-0.4, -0.2) is 32.1 Å². The molecule has 1 atom stereocenters. The molecule has 172 valence electrons. The van der Waals surface area contributed by atoms with Gasteiger partial charge in [0.25, 0.3) is 0 Å². The summed E-state index contributed by atoms with van der Waals surface area (Å²) < 4.78 is 25.4. The Bertz CT molecular complexity index is 852. The Kier molecular flexibility index (Phi) is 12.9. The fraction of sp³-hybridized carbons (Fsp3) is 0.440. The molecule has 0 aliphatic carbocycles. The molecule has 1 amide bonds. The number of benzene rings is 2. The van der Waals surface area contributed by atoms with Gasteiger partial charge >= 0.3 is 6.09 Å². The minimum atomic E-state index is -0.476. The molecule has 1 unspecified atom stereocenters. The molecule has 1 aliphatic heterocycles. The standard InChI is InChI=1S/C19H18FNO4.3C2H6/c1-11-9-21(19(23)25-11)16-7-6-15(18(20)12(16)2)14-5-4-13(10-22)8-17(14)24-3;3*1-2/h4-8,10-11H,9H2,1-3H3;3*1-2H3. The van der Waals surface area contributed by atoms with E-state index in [1.165, 1.54) is 12.0 Å². The molecule has 2 aromatic carbocycles. The van der Waals surface area contributed by atoms with Crippen molar-refractivity contribution in [2.45, 2.75) is 61.5 Å². The zero-order valence-corrected chi connectivity index (χ0v) is 20.2. The minimum Gasteiger partial charge on any atom is -0.496 e. The molecule has 5 nitrogen and oxygen atoms in total. The molecule has 0 bridgehead atoms. The quantitative estimate of drug-likeness (QED) is 0.485. The Balaban J connectivity index is 0.00000138. The fourth-order valence-electron chi connectivity index (χ4n) is 2.98. The first-order valence-electron chi connectivity index (χ1n) is 10.9. The normalized spacial score (nSPS) is 14.1. The monoisotopic (exact) mass is 433 g/mol. The van der Waals surface area contributed by atoms with Crippen LogP contribution < -0.4 is 9.64 Å². The van der Waals surface area contributed by atoms with Gasteiger partial charge < -0.3 is 9.47 Å². The largest absolute Gasteiger partial charge is 0.496 e. The summed E-state index contributed by atoms with van der Waals surface area (Å²) in [6.07, 6.45) is -0.00163. The number of hydrogen-bond acceptors (Lipinski definition) is 4. The molecule has 1 heterocycles. The van der Waals surface area contributed by atoms with Crippen LogP contribution in [0.2, 0.25) is 0 Å². The summed E-state index contributed by atoms with van der Waals surface area (Å²) in [5.74, 6) is -0.0353. The number of anilines is 1. The van der Waals surface area contributed by atoms with Crippen molar-refractivity contribution in [3.8, 4) is 16.9 Å². The van der Waals surface area contributed by atoms with Crippen molar-refractivity contribution >= 4 is 18.1 Å². The molecule has 0 spiro atoms. The maximum absolute atomic E-state index is 15.0. The number of carbonyl (C=O) groups is 2. The fourth-order valence-corrected chi connectivity index (χ4v) is 2.98. The van der Waals surface area contributed by atoms with Gasteiger partial charge in [-0.3, -0.25) is 9.69 Å². The van der Waals surface area contributed by atoms with Crippen molar-refractivity contribution in [2.24, 2.45) is 0 Å². The SMILES string of the molecule is CC.CC.CC.COc1cc(C=O)ccc1-c1ccc(N2CC(C)OC2=O)c(C)c1F. The Morgan fingerprint density at radius 1 is 1.06 bits per heavy atom. The maximum atomic E-state index is 15.0. The van der Waals surface area contributed by atoms with E-state index < -0.39 is 11.9 Å². The smallest absolute Gasteiger partial charge is 0.414 e. The maximum Gasteiger partial charge on any atom is 0.414 e. The highest BCUT2D eigenvalue weighted by atomic mass is 19.1. The van der Waals surface area contributed by atoms with Crippen molar-refractivity contribution in [1.29, 1.82) is 0 Å². The van der Waals surface area contributed by atoms with Gasteiger partial charge in [0.1, 0.15) is 24.0 Å². The summed E-state index contributed by atoms with van der Waals surface area (Å²) in [6, 6.07) is 8.11. The van der Waals surface area contributed by atoms with Crippen LogP contribution in [0.1, 0.15) is 64.4 Å². The lowest BCUT2D eigenvalue weighted by molar-refractivity contribution is 0.112. The highest BCUT2D eigenvalue weighted by Gasteiger charge is 2.31. The number of methoxy groups -OCH3 is 1. The molecule has 0 radical (unpaired) electrons. The van der Waals surface area contributed by atoms with Gasteiger partial charge in [-0.2, -0.15) is 0 Å². The van der Waals surface area contributed by atoms with Crippen LogP contribution in [0, 0.1) is 12.7 Å². The van der Waals surface area contributed by atoms with Gasteiger partial charge in [-0.1, -0.05) is 47.6 Å². The van der Waals surface area contributed by atoms with E-state index in [0.717, 1.165) is 0 Å². The first kappa shape index (κ1) is 28.1. The van der Waals surface area contributed by atoms with Crippen LogP contribution in [0.15, 0.2) is 30.3 Å². The van der Waals surface area contributed by atoms with Crippen LogP contribution in [-0.2, 0) is 4.74 Å². The van der Waals surface area contributed by atoms with Crippen molar-refractivity contribution in [1.82, 2.24) is 0 Å². The lowest BCUT2D eigenvalue weighted by atomic mass is 9.99. The topological polar surface area (TPSA) is 55.8 Å². The van der Waals surface area contributed by atoms with E-state index in [1.54, 1.807) is 44.2 Å². The van der Waals surface area contributed by atoms with E-state index in [2.05, 4.69) is 0 Å².